The predicted octanol–water partition coefficient (Wildman–Crippen LogP) is 3.70. The van der Waals surface area contributed by atoms with E-state index in [1.807, 2.05) is 13.0 Å². The monoisotopic (exact) mass is 358 g/mol. The van der Waals surface area contributed by atoms with Gasteiger partial charge in [0.25, 0.3) is 0 Å². The van der Waals surface area contributed by atoms with Crippen LogP contribution in [0.1, 0.15) is 17.5 Å². The number of aromatic nitrogens is 1. The van der Waals surface area contributed by atoms with Crippen molar-refractivity contribution in [1.82, 2.24) is 4.98 Å². The van der Waals surface area contributed by atoms with Gasteiger partial charge in [-0.05, 0) is 47.2 Å². The molecule has 0 aliphatic heterocycles. The molecule has 2 rings (SSSR count). The first-order valence-corrected chi connectivity index (χ1v) is 6.46. The summed E-state index contributed by atoms with van der Waals surface area (Å²) in [5.41, 5.74) is 1.69. The number of aliphatic hydroxyl groups excluding tert-OH is 1. The summed E-state index contributed by atoms with van der Waals surface area (Å²) in [6, 6.07) is 8.67. The van der Waals surface area contributed by atoms with Gasteiger partial charge in [0, 0.05) is 21.0 Å². The van der Waals surface area contributed by atoms with E-state index in [0.29, 0.717) is 11.5 Å². The number of alkyl halides is 1. The standard InChI is InChI=1S/C13H12FIN2O/c1-8-6-9(15)7-16-13(8)17-11-5-3-2-4-10(11)12(14)18/h2-7,12,18H,1H3,(H,16,17). The molecule has 0 bridgehead atoms. The second-order valence-corrected chi connectivity index (χ2v) is 5.11. The van der Waals surface area contributed by atoms with Gasteiger partial charge in [-0.2, -0.15) is 0 Å². The Labute approximate surface area is 118 Å². The Morgan fingerprint density at radius 2 is 2.11 bits per heavy atom. The summed E-state index contributed by atoms with van der Waals surface area (Å²) in [5, 5.41) is 12.1. The van der Waals surface area contributed by atoms with E-state index >= 15 is 0 Å². The van der Waals surface area contributed by atoms with Crippen LogP contribution in [0.15, 0.2) is 36.5 Å². The summed E-state index contributed by atoms with van der Waals surface area (Å²) < 4.78 is 14.1. The van der Waals surface area contributed by atoms with Gasteiger partial charge in [0.15, 0.2) is 0 Å². The zero-order valence-corrected chi connectivity index (χ0v) is 11.8. The number of benzene rings is 1. The van der Waals surface area contributed by atoms with Crippen molar-refractivity contribution in [3.8, 4) is 0 Å². The molecule has 0 amide bonds. The fourth-order valence-electron chi connectivity index (χ4n) is 1.62. The molecule has 1 atom stereocenters. The fourth-order valence-corrected chi connectivity index (χ4v) is 2.22. The van der Waals surface area contributed by atoms with Crippen molar-refractivity contribution < 1.29 is 9.50 Å². The molecule has 1 aromatic carbocycles. The average Bonchev–Trinajstić information content (AvgIpc) is 2.33. The Bertz CT molecular complexity index is 560. The van der Waals surface area contributed by atoms with Gasteiger partial charge in [-0.3, -0.25) is 0 Å². The van der Waals surface area contributed by atoms with Gasteiger partial charge in [0.1, 0.15) is 5.82 Å². The molecule has 0 aliphatic carbocycles. The molecule has 0 fully saturated rings. The third kappa shape index (κ3) is 2.97. The Balaban J connectivity index is 2.34. The molecule has 94 valence electrons. The lowest BCUT2D eigenvalue weighted by Gasteiger charge is -2.13. The molecule has 3 nitrogen and oxygen atoms in total. The minimum absolute atomic E-state index is 0.206. The number of aliphatic hydroxyl groups is 1. The molecule has 1 unspecified atom stereocenters. The number of rotatable bonds is 3. The highest BCUT2D eigenvalue weighted by Gasteiger charge is 2.11. The van der Waals surface area contributed by atoms with Crippen LogP contribution in [0, 0.1) is 10.5 Å². The SMILES string of the molecule is Cc1cc(I)cnc1Nc1ccccc1C(O)F. The van der Waals surface area contributed by atoms with E-state index in [0.717, 1.165) is 9.13 Å². The maximum absolute atomic E-state index is 13.1. The van der Waals surface area contributed by atoms with E-state index in [4.69, 9.17) is 5.11 Å². The topological polar surface area (TPSA) is 45.2 Å². The molecule has 0 spiro atoms. The lowest BCUT2D eigenvalue weighted by molar-refractivity contribution is 0.0418. The van der Waals surface area contributed by atoms with Crippen molar-refractivity contribution in [1.29, 1.82) is 0 Å². The van der Waals surface area contributed by atoms with Crippen LogP contribution in [0.2, 0.25) is 0 Å². The molecule has 2 N–H and O–H groups in total. The summed E-state index contributed by atoms with van der Waals surface area (Å²) >= 11 is 2.18. The summed E-state index contributed by atoms with van der Waals surface area (Å²) in [6.45, 7) is 1.92. The van der Waals surface area contributed by atoms with E-state index in [9.17, 15) is 4.39 Å². The highest BCUT2D eigenvalue weighted by Crippen LogP contribution is 2.27. The fraction of sp³-hybridized carbons (Fsp3) is 0.154. The van der Waals surface area contributed by atoms with Crippen LogP contribution in [0.25, 0.3) is 0 Å². The normalized spacial score (nSPS) is 12.2. The molecule has 1 heterocycles. The lowest BCUT2D eigenvalue weighted by atomic mass is 10.1. The number of nitrogens with zero attached hydrogens (tertiary/aromatic N) is 1. The number of hydrogen-bond donors (Lipinski definition) is 2. The van der Waals surface area contributed by atoms with Crippen molar-refractivity contribution in [2.45, 2.75) is 13.3 Å². The van der Waals surface area contributed by atoms with Gasteiger partial charge in [-0.15, -0.1) is 0 Å². The summed E-state index contributed by atoms with van der Waals surface area (Å²) in [7, 11) is 0. The maximum atomic E-state index is 13.1. The van der Waals surface area contributed by atoms with Crippen molar-refractivity contribution in [2.24, 2.45) is 0 Å². The van der Waals surface area contributed by atoms with E-state index in [1.54, 1.807) is 24.4 Å². The summed E-state index contributed by atoms with van der Waals surface area (Å²) in [6.07, 6.45) is -0.275. The van der Waals surface area contributed by atoms with Crippen LogP contribution in [0.5, 0.6) is 0 Å². The van der Waals surface area contributed by atoms with Gasteiger partial charge in [0.05, 0.1) is 0 Å². The Kier molecular flexibility index (Phi) is 4.13. The zero-order chi connectivity index (χ0) is 13.1. The van der Waals surface area contributed by atoms with Gasteiger partial charge in [0.2, 0.25) is 6.36 Å². The van der Waals surface area contributed by atoms with E-state index in [1.165, 1.54) is 6.07 Å². The summed E-state index contributed by atoms with van der Waals surface area (Å²) in [4.78, 5) is 4.25. The van der Waals surface area contributed by atoms with Crippen LogP contribution < -0.4 is 5.32 Å². The van der Waals surface area contributed by atoms with E-state index < -0.39 is 6.36 Å². The van der Waals surface area contributed by atoms with Crippen molar-refractivity contribution in [3.63, 3.8) is 0 Å². The first-order chi connectivity index (χ1) is 8.58. The van der Waals surface area contributed by atoms with Crippen molar-refractivity contribution in [2.75, 3.05) is 5.32 Å². The maximum Gasteiger partial charge on any atom is 0.224 e. The molecule has 0 aliphatic rings. The van der Waals surface area contributed by atoms with Gasteiger partial charge in [-0.25, -0.2) is 9.37 Å². The number of anilines is 2. The minimum atomic E-state index is -2.00. The number of nitrogens with one attached hydrogen (secondary N) is 1. The number of pyridine rings is 1. The highest BCUT2D eigenvalue weighted by molar-refractivity contribution is 14.1. The van der Waals surface area contributed by atoms with Crippen LogP contribution in [0.3, 0.4) is 0 Å². The van der Waals surface area contributed by atoms with Crippen LogP contribution in [-0.2, 0) is 0 Å². The minimum Gasteiger partial charge on any atom is -0.360 e. The van der Waals surface area contributed by atoms with Crippen LogP contribution >= 0.6 is 22.6 Å². The molecule has 0 saturated heterocycles. The molecule has 0 saturated carbocycles. The molecule has 5 heteroatoms. The first kappa shape index (κ1) is 13.2. The Morgan fingerprint density at radius 1 is 1.39 bits per heavy atom. The van der Waals surface area contributed by atoms with E-state index in [2.05, 4.69) is 32.9 Å². The predicted molar refractivity (Wildman–Crippen MR) is 77.5 cm³/mol. The number of para-hydroxylation sites is 1. The smallest absolute Gasteiger partial charge is 0.224 e. The van der Waals surface area contributed by atoms with Gasteiger partial charge < -0.3 is 10.4 Å². The van der Waals surface area contributed by atoms with Crippen LogP contribution in [0.4, 0.5) is 15.9 Å². The van der Waals surface area contributed by atoms with Crippen molar-refractivity contribution >= 4 is 34.1 Å². The highest BCUT2D eigenvalue weighted by atomic mass is 127. The van der Waals surface area contributed by atoms with Gasteiger partial charge in [-0.1, -0.05) is 18.2 Å². The second-order valence-electron chi connectivity index (χ2n) is 3.87. The average molecular weight is 358 g/mol. The number of hydrogen-bond acceptors (Lipinski definition) is 3. The lowest BCUT2D eigenvalue weighted by Crippen LogP contribution is -2.01. The van der Waals surface area contributed by atoms with Crippen LogP contribution in [-0.4, -0.2) is 10.1 Å². The molecular formula is C13H12FIN2O. The number of halogens is 2. The largest absolute Gasteiger partial charge is 0.360 e. The quantitative estimate of drug-likeness (QED) is 0.823. The zero-order valence-electron chi connectivity index (χ0n) is 9.69. The Hall–Kier alpha value is -1.21. The molecule has 2 aromatic rings. The van der Waals surface area contributed by atoms with E-state index in [-0.39, 0.29) is 5.56 Å². The third-order valence-electron chi connectivity index (χ3n) is 2.52. The first-order valence-electron chi connectivity index (χ1n) is 5.38. The molecule has 18 heavy (non-hydrogen) atoms. The Morgan fingerprint density at radius 3 is 2.78 bits per heavy atom. The molecule has 1 aromatic heterocycles. The second kappa shape index (κ2) is 5.62. The molecule has 0 radical (unpaired) electrons. The summed E-state index contributed by atoms with van der Waals surface area (Å²) in [5.74, 6) is 0.656. The number of aryl methyl sites for hydroxylation is 1. The molecular weight excluding hydrogens is 346 g/mol. The van der Waals surface area contributed by atoms with Crippen molar-refractivity contribution in [3.05, 3.63) is 51.2 Å². The third-order valence-corrected chi connectivity index (χ3v) is 3.11. The van der Waals surface area contributed by atoms with Gasteiger partial charge >= 0.3 is 0 Å².